The van der Waals surface area contributed by atoms with E-state index in [9.17, 15) is 4.79 Å². The highest BCUT2D eigenvalue weighted by Crippen LogP contribution is 2.23. The van der Waals surface area contributed by atoms with E-state index in [1.807, 2.05) is 55.1 Å². The van der Waals surface area contributed by atoms with E-state index < -0.39 is 0 Å². The molecule has 0 saturated heterocycles. The van der Waals surface area contributed by atoms with Gasteiger partial charge in [0.2, 0.25) is 5.91 Å². The molecule has 0 unspecified atom stereocenters. The fourth-order valence-electron chi connectivity index (χ4n) is 2.97. The van der Waals surface area contributed by atoms with Gasteiger partial charge in [-0.3, -0.25) is 9.36 Å². The van der Waals surface area contributed by atoms with Crippen LogP contribution >= 0.6 is 11.8 Å². The summed E-state index contributed by atoms with van der Waals surface area (Å²) in [6.45, 7) is 2.95. The van der Waals surface area contributed by atoms with Crippen molar-refractivity contribution >= 4 is 23.4 Å². The smallest absolute Gasteiger partial charge is 0.234 e. The minimum absolute atomic E-state index is 0.0645. The van der Waals surface area contributed by atoms with Gasteiger partial charge in [0.25, 0.3) is 0 Å². The highest BCUT2D eigenvalue weighted by Gasteiger charge is 2.12. The molecule has 0 bridgehead atoms. The van der Waals surface area contributed by atoms with Gasteiger partial charge in [-0.25, -0.2) is 0 Å². The molecule has 1 N–H and O–H groups in total. The first-order valence-corrected chi connectivity index (χ1v) is 10.2. The molecule has 1 heterocycles. The van der Waals surface area contributed by atoms with Crippen molar-refractivity contribution in [2.75, 3.05) is 25.2 Å². The zero-order chi connectivity index (χ0) is 19.9. The Morgan fingerprint density at radius 1 is 1.18 bits per heavy atom. The number of aryl methyl sites for hydroxylation is 1. The van der Waals surface area contributed by atoms with Crippen molar-refractivity contribution in [1.82, 2.24) is 19.7 Å². The lowest BCUT2D eigenvalue weighted by Gasteiger charge is -2.12. The fraction of sp³-hybridized carbons (Fsp3) is 0.286. The lowest BCUT2D eigenvalue weighted by Crippen LogP contribution is -2.15. The zero-order valence-corrected chi connectivity index (χ0v) is 17.2. The second kappa shape index (κ2) is 9.52. The Hall–Kier alpha value is -2.64. The van der Waals surface area contributed by atoms with E-state index in [0.717, 1.165) is 29.9 Å². The van der Waals surface area contributed by atoms with Crippen LogP contribution in [0, 0.1) is 0 Å². The number of hydrogen-bond donors (Lipinski definition) is 1. The molecular formula is C21H25N5OS. The average Bonchev–Trinajstić information content (AvgIpc) is 3.14. The van der Waals surface area contributed by atoms with E-state index in [1.54, 1.807) is 6.33 Å². The molecule has 3 rings (SSSR count). The number of thioether (sulfide) groups is 1. The van der Waals surface area contributed by atoms with Crippen LogP contribution in [-0.2, 0) is 17.8 Å². The van der Waals surface area contributed by atoms with Crippen LogP contribution in [0.2, 0.25) is 0 Å². The molecule has 0 aliphatic carbocycles. The summed E-state index contributed by atoms with van der Waals surface area (Å²) in [7, 11) is 4.05. The first-order chi connectivity index (χ1) is 13.6. The average molecular weight is 396 g/mol. The second-order valence-electron chi connectivity index (χ2n) is 6.74. The van der Waals surface area contributed by atoms with Gasteiger partial charge in [0.05, 0.1) is 11.4 Å². The first-order valence-electron chi connectivity index (χ1n) is 9.21. The molecule has 28 heavy (non-hydrogen) atoms. The number of para-hydroxylation sites is 1. The Morgan fingerprint density at radius 2 is 2.00 bits per heavy atom. The van der Waals surface area contributed by atoms with Gasteiger partial charge in [0.1, 0.15) is 6.33 Å². The summed E-state index contributed by atoms with van der Waals surface area (Å²) < 4.78 is 1.94. The molecule has 0 saturated carbocycles. The van der Waals surface area contributed by atoms with Gasteiger partial charge >= 0.3 is 0 Å². The van der Waals surface area contributed by atoms with Crippen molar-refractivity contribution < 1.29 is 4.79 Å². The van der Waals surface area contributed by atoms with Gasteiger partial charge in [-0.1, -0.05) is 49.0 Å². The lowest BCUT2D eigenvalue weighted by molar-refractivity contribution is -0.113. The third-order valence-electron chi connectivity index (χ3n) is 4.19. The molecule has 3 aromatic rings. The number of hydrogen-bond acceptors (Lipinski definition) is 5. The van der Waals surface area contributed by atoms with Crippen LogP contribution in [-0.4, -0.2) is 45.4 Å². The predicted molar refractivity (Wildman–Crippen MR) is 114 cm³/mol. The zero-order valence-electron chi connectivity index (χ0n) is 16.4. The molecule has 2 aromatic carbocycles. The minimum Gasteiger partial charge on any atom is -0.325 e. The molecule has 0 atom stereocenters. The number of aromatic nitrogens is 3. The van der Waals surface area contributed by atoms with E-state index in [1.165, 1.54) is 17.3 Å². The van der Waals surface area contributed by atoms with E-state index >= 15 is 0 Å². The topological polar surface area (TPSA) is 63.1 Å². The van der Waals surface area contributed by atoms with Crippen LogP contribution < -0.4 is 5.32 Å². The van der Waals surface area contributed by atoms with Crippen molar-refractivity contribution in [3.63, 3.8) is 0 Å². The number of nitrogens with zero attached hydrogens (tertiary/aromatic N) is 4. The first kappa shape index (κ1) is 20.1. The number of carbonyl (C=O) groups excluding carboxylic acids is 1. The number of carbonyl (C=O) groups is 1. The van der Waals surface area contributed by atoms with Crippen molar-refractivity contribution in [3.05, 3.63) is 66.0 Å². The summed E-state index contributed by atoms with van der Waals surface area (Å²) in [5, 5.41) is 11.9. The third-order valence-corrected chi connectivity index (χ3v) is 5.13. The summed E-state index contributed by atoms with van der Waals surface area (Å²) in [4.78, 5) is 14.5. The Morgan fingerprint density at radius 3 is 2.79 bits per heavy atom. The number of nitrogens with one attached hydrogen (secondary N) is 1. The predicted octanol–water partition coefficient (Wildman–Crippen LogP) is 3.62. The third kappa shape index (κ3) is 5.21. The molecule has 0 radical (unpaired) electrons. The Balaban J connectivity index is 1.64. The van der Waals surface area contributed by atoms with Crippen LogP contribution in [0.5, 0.6) is 0 Å². The summed E-state index contributed by atoms with van der Waals surface area (Å²) in [5.41, 5.74) is 4.23. The van der Waals surface area contributed by atoms with E-state index in [2.05, 4.69) is 39.5 Å². The van der Waals surface area contributed by atoms with Gasteiger partial charge in [0.15, 0.2) is 5.16 Å². The highest BCUT2D eigenvalue weighted by atomic mass is 32.2. The second-order valence-corrected chi connectivity index (χ2v) is 7.68. The van der Waals surface area contributed by atoms with Gasteiger partial charge in [-0.15, -0.1) is 10.2 Å². The largest absolute Gasteiger partial charge is 0.325 e. The molecule has 0 fully saturated rings. The minimum atomic E-state index is -0.0645. The number of benzene rings is 2. The summed E-state index contributed by atoms with van der Waals surface area (Å²) in [6.07, 6.45) is 2.61. The van der Waals surface area contributed by atoms with Crippen molar-refractivity contribution in [2.45, 2.75) is 25.0 Å². The van der Waals surface area contributed by atoms with Gasteiger partial charge in [-0.2, -0.15) is 0 Å². The van der Waals surface area contributed by atoms with E-state index in [4.69, 9.17) is 0 Å². The highest BCUT2D eigenvalue weighted by molar-refractivity contribution is 7.99. The van der Waals surface area contributed by atoms with Crippen LogP contribution in [0.4, 0.5) is 5.69 Å². The summed E-state index contributed by atoms with van der Waals surface area (Å²) in [6, 6.07) is 16.1. The SMILES string of the molecule is CCc1ccccc1-n1cnnc1SCC(=O)Nc1cccc(CN(C)C)c1. The maximum Gasteiger partial charge on any atom is 0.234 e. The maximum absolute atomic E-state index is 12.4. The molecule has 1 amide bonds. The molecule has 1 aromatic heterocycles. The Kier molecular flexibility index (Phi) is 6.84. The molecule has 7 heteroatoms. The molecule has 146 valence electrons. The molecule has 0 aliphatic heterocycles. The van der Waals surface area contributed by atoms with Crippen LogP contribution in [0.15, 0.2) is 60.0 Å². The fourth-order valence-corrected chi connectivity index (χ4v) is 3.69. The standard InChI is InChI=1S/C21H25N5OS/c1-4-17-9-5-6-11-19(17)26-15-22-24-21(26)28-14-20(27)23-18-10-7-8-16(12-18)13-25(2)3/h5-12,15H,4,13-14H2,1-3H3,(H,23,27). The number of amides is 1. The van der Waals surface area contributed by atoms with Gasteiger partial charge in [0, 0.05) is 12.2 Å². The van der Waals surface area contributed by atoms with Gasteiger partial charge < -0.3 is 10.2 Å². The summed E-state index contributed by atoms with van der Waals surface area (Å²) >= 11 is 1.38. The van der Waals surface area contributed by atoms with Crippen LogP contribution in [0.1, 0.15) is 18.1 Å². The maximum atomic E-state index is 12.4. The quantitative estimate of drug-likeness (QED) is 0.590. The molecule has 6 nitrogen and oxygen atoms in total. The number of rotatable bonds is 8. The normalized spacial score (nSPS) is 11.0. The van der Waals surface area contributed by atoms with E-state index in [0.29, 0.717) is 5.16 Å². The molecule has 0 spiro atoms. The van der Waals surface area contributed by atoms with Crippen LogP contribution in [0.3, 0.4) is 0 Å². The van der Waals surface area contributed by atoms with Crippen molar-refractivity contribution in [1.29, 1.82) is 0 Å². The Labute approximate surface area is 170 Å². The molecule has 0 aliphatic rings. The van der Waals surface area contributed by atoms with Crippen molar-refractivity contribution in [3.8, 4) is 5.69 Å². The number of anilines is 1. The van der Waals surface area contributed by atoms with Crippen molar-refractivity contribution in [2.24, 2.45) is 0 Å². The summed E-state index contributed by atoms with van der Waals surface area (Å²) in [5.74, 6) is 0.204. The Bertz CT molecular complexity index is 938. The van der Waals surface area contributed by atoms with Crippen LogP contribution in [0.25, 0.3) is 5.69 Å². The van der Waals surface area contributed by atoms with E-state index in [-0.39, 0.29) is 11.7 Å². The van der Waals surface area contributed by atoms with Gasteiger partial charge in [-0.05, 0) is 49.8 Å². The monoisotopic (exact) mass is 395 g/mol. The molecular weight excluding hydrogens is 370 g/mol. The lowest BCUT2D eigenvalue weighted by atomic mass is 10.1.